The molecule has 19 heavy (non-hydrogen) atoms. The maximum Gasteiger partial charge on any atom is 0.208 e. The summed E-state index contributed by atoms with van der Waals surface area (Å²) >= 11 is 1.51. The van der Waals surface area contributed by atoms with Crippen LogP contribution in [0.2, 0.25) is 0 Å². The van der Waals surface area contributed by atoms with E-state index >= 15 is 0 Å². The molecule has 5 nitrogen and oxygen atoms in total. The number of thioether (sulfide) groups is 1. The molecule has 0 unspecified atom stereocenters. The molecule has 1 heterocycles. The van der Waals surface area contributed by atoms with Gasteiger partial charge in [-0.15, -0.1) is 5.10 Å². The van der Waals surface area contributed by atoms with Crippen LogP contribution in [0.1, 0.15) is 23.1 Å². The van der Waals surface area contributed by atoms with E-state index in [9.17, 15) is 4.79 Å². The van der Waals surface area contributed by atoms with Crippen LogP contribution in [0.3, 0.4) is 0 Å². The summed E-state index contributed by atoms with van der Waals surface area (Å²) in [7, 11) is 0. The lowest BCUT2D eigenvalue weighted by Gasteiger charge is -2.08. The predicted molar refractivity (Wildman–Crippen MR) is 73.8 cm³/mol. The minimum atomic E-state index is 0.00726. The number of carbonyl (C=O) groups is 1. The summed E-state index contributed by atoms with van der Waals surface area (Å²) in [4.78, 5) is 15.6. The Morgan fingerprint density at radius 3 is 2.89 bits per heavy atom. The van der Waals surface area contributed by atoms with Crippen LogP contribution >= 0.6 is 11.8 Å². The molecular formula is C13H15N3O2S. The zero-order chi connectivity index (χ0) is 13.7. The number of carbonyl (C=O) groups excluding carboxylic acids is 1. The van der Waals surface area contributed by atoms with Crippen molar-refractivity contribution in [3.8, 4) is 5.75 Å². The summed E-state index contributed by atoms with van der Waals surface area (Å²) in [6.45, 7) is 3.90. The van der Waals surface area contributed by atoms with Crippen molar-refractivity contribution >= 4 is 17.5 Å². The lowest BCUT2D eigenvalue weighted by molar-refractivity contribution is 0.101. The molecule has 0 atom stereocenters. The zero-order valence-electron chi connectivity index (χ0n) is 10.8. The number of hydrogen-bond donors (Lipinski definition) is 1. The second-order valence-electron chi connectivity index (χ2n) is 3.95. The molecule has 0 aliphatic heterocycles. The molecule has 100 valence electrons. The van der Waals surface area contributed by atoms with Gasteiger partial charge in [-0.1, -0.05) is 23.9 Å². The van der Waals surface area contributed by atoms with Crippen LogP contribution in [0.25, 0.3) is 0 Å². The van der Waals surface area contributed by atoms with E-state index in [0.717, 1.165) is 11.6 Å². The monoisotopic (exact) mass is 277 g/mol. The van der Waals surface area contributed by atoms with E-state index in [1.165, 1.54) is 18.7 Å². The van der Waals surface area contributed by atoms with E-state index in [0.29, 0.717) is 23.1 Å². The van der Waals surface area contributed by atoms with Crippen molar-refractivity contribution in [1.29, 1.82) is 0 Å². The minimum absolute atomic E-state index is 0.00726. The lowest BCUT2D eigenvalue weighted by atomic mass is 10.1. The molecule has 1 aromatic heterocycles. The number of aryl methyl sites for hydroxylation is 1. The quantitative estimate of drug-likeness (QED) is 0.499. The number of aromatic nitrogens is 3. The van der Waals surface area contributed by atoms with E-state index in [1.54, 1.807) is 12.1 Å². The highest BCUT2D eigenvalue weighted by molar-refractivity contribution is 7.99. The number of rotatable bonds is 6. The zero-order valence-corrected chi connectivity index (χ0v) is 11.7. The standard InChI is InChI=1S/C13H15N3O2S/c1-9(17)11-5-3-4-6-12(11)18-7-8-19-13-14-10(2)15-16-13/h3-6H,7-8H2,1-2H3,(H,14,15,16). The average molecular weight is 277 g/mol. The van der Waals surface area contributed by atoms with Crippen molar-refractivity contribution in [2.24, 2.45) is 0 Å². The Labute approximate surface area is 115 Å². The van der Waals surface area contributed by atoms with Crippen molar-refractivity contribution in [3.63, 3.8) is 0 Å². The van der Waals surface area contributed by atoms with Crippen molar-refractivity contribution in [2.75, 3.05) is 12.4 Å². The smallest absolute Gasteiger partial charge is 0.208 e. The molecule has 0 radical (unpaired) electrons. The Balaban J connectivity index is 1.84. The fourth-order valence-electron chi connectivity index (χ4n) is 1.55. The molecule has 1 N–H and O–H groups in total. The van der Waals surface area contributed by atoms with E-state index in [2.05, 4.69) is 15.2 Å². The first-order valence-electron chi connectivity index (χ1n) is 5.91. The molecule has 6 heteroatoms. The highest BCUT2D eigenvalue weighted by atomic mass is 32.2. The van der Waals surface area contributed by atoms with Crippen LogP contribution < -0.4 is 4.74 Å². The Hall–Kier alpha value is -1.82. The number of para-hydroxylation sites is 1. The summed E-state index contributed by atoms with van der Waals surface area (Å²) in [5.41, 5.74) is 0.612. The second kappa shape index (κ2) is 6.38. The molecule has 0 saturated carbocycles. The summed E-state index contributed by atoms with van der Waals surface area (Å²) in [6.07, 6.45) is 0. The number of nitrogens with zero attached hydrogens (tertiary/aromatic N) is 2. The summed E-state index contributed by atoms with van der Waals surface area (Å²) in [5.74, 6) is 2.16. The number of ether oxygens (including phenoxy) is 1. The second-order valence-corrected chi connectivity index (χ2v) is 5.01. The molecule has 0 bridgehead atoms. The van der Waals surface area contributed by atoms with Crippen LogP contribution in [-0.2, 0) is 0 Å². The summed E-state index contributed by atoms with van der Waals surface area (Å²) in [6, 6.07) is 7.25. The first kappa shape index (κ1) is 13.6. The Bertz CT molecular complexity index is 569. The number of nitrogens with one attached hydrogen (secondary N) is 1. The Morgan fingerprint density at radius 1 is 1.42 bits per heavy atom. The van der Waals surface area contributed by atoms with Gasteiger partial charge in [-0.3, -0.25) is 9.89 Å². The third-order valence-electron chi connectivity index (χ3n) is 2.42. The Kier molecular flexibility index (Phi) is 4.57. The van der Waals surface area contributed by atoms with Gasteiger partial charge in [-0.05, 0) is 26.0 Å². The highest BCUT2D eigenvalue weighted by Crippen LogP contribution is 2.19. The van der Waals surface area contributed by atoms with Crippen LogP contribution in [-0.4, -0.2) is 33.3 Å². The van der Waals surface area contributed by atoms with Gasteiger partial charge in [0.05, 0.1) is 12.2 Å². The van der Waals surface area contributed by atoms with Gasteiger partial charge in [0, 0.05) is 5.75 Å². The van der Waals surface area contributed by atoms with Gasteiger partial charge in [0.2, 0.25) is 5.16 Å². The minimum Gasteiger partial charge on any atom is -0.492 e. The van der Waals surface area contributed by atoms with E-state index in [1.807, 2.05) is 19.1 Å². The molecule has 0 saturated heterocycles. The van der Waals surface area contributed by atoms with Crippen molar-refractivity contribution < 1.29 is 9.53 Å². The summed E-state index contributed by atoms with van der Waals surface area (Å²) < 4.78 is 5.62. The molecule has 1 aromatic carbocycles. The van der Waals surface area contributed by atoms with Gasteiger partial charge in [-0.2, -0.15) is 0 Å². The largest absolute Gasteiger partial charge is 0.492 e. The molecule has 0 spiro atoms. The lowest BCUT2D eigenvalue weighted by Crippen LogP contribution is -2.04. The van der Waals surface area contributed by atoms with Crippen LogP contribution in [0.4, 0.5) is 0 Å². The van der Waals surface area contributed by atoms with E-state index in [4.69, 9.17) is 4.74 Å². The van der Waals surface area contributed by atoms with Gasteiger partial charge in [-0.25, -0.2) is 4.98 Å². The number of H-pyrrole nitrogens is 1. The van der Waals surface area contributed by atoms with Gasteiger partial charge in [0.1, 0.15) is 11.6 Å². The van der Waals surface area contributed by atoms with Gasteiger partial charge in [0.15, 0.2) is 5.78 Å². The molecular weight excluding hydrogens is 262 g/mol. The third-order valence-corrected chi connectivity index (χ3v) is 3.23. The van der Waals surface area contributed by atoms with Crippen molar-refractivity contribution in [3.05, 3.63) is 35.7 Å². The fraction of sp³-hybridized carbons (Fsp3) is 0.308. The molecule has 0 fully saturated rings. The molecule has 0 aliphatic rings. The van der Waals surface area contributed by atoms with Gasteiger partial charge in [0.25, 0.3) is 0 Å². The number of aromatic amines is 1. The number of hydrogen-bond acceptors (Lipinski definition) is 5. The maximum atomic E-state index is 11.4. The van der Waals surface area contributed by atoms with Crippen molar-refractivity contribution in [2.45, 2.75) is 19.0 Å². The molecule has 2 rings (SSSR count). The molecule has 0 aliphatic carbocycles. The number of ketones is 1. The Morgan fingerprint density at radius 2 is 2.21 bits per heavy atom. The average Bonchev–Trinajstić information content (AvgIpc) is 2.81. The van der Waals surface area contributed by atoms with E-state index in [-0.39, 0.29) is 5.78 Å². The van der Waals surface area contributed by atoms with Crippen LogP contribution in [0.15, 0.2) is 29.4 Å². The maximum absolute atomic E-state index is 11.4. The molecule has 2 aromatic rings. The number of Topliss-reactive ketones (excluding diaryl/α,β-unsaturated/α-hetero) is 1. The molecule has 0 amide bonds. The first-order valence-corrected chi connectivity index (χ1v) is 6.90. The summed E-state index contributed by atoms with van der Waals surface area (Å²) in [5, 5.41) is 7.52. The topological polar surface area (TPSA) is 67.9 Å². The van der Waals surface area contributed by atoms with Crippen LogP contribution in [0, 0.1) is 6.92 Å². The SMILES string of the molecule is CC(=O)c1ccccc1OCCSc1n[nH]c(C)n1. The first-order chi connectivity index (χ1) is 9.16. The van der Waals surface area contributed by atoms with Gasteiger partial charge < -0.3 is 4.74 Å². The highest BCUT2D eigenvalue weighted by Gasteiger charge is 2.07. The van der Waals surface area contributed by atoms with Crippen LogP contribution in [0.5, 0.6) is 5.75 Å². The number of benzene rings is 1. The van der Waals surface area contributed by atoms with Gasteiger partial charge >= 0.3 is 0 Å². The third kappa shape index (κ3) is 3.82. The van der Waals surface area contributed by atoms with Crippen molar-refractivity contribution in [1.82, 2.24) is 15.2 Å². The van der Waals surface area contributed by atoms with E-state index < -0.39 is 0 Å². The normalized spacial score (nSPS) is 10.4. The predicted octanol–water partition coefficient (Wildman–Crippen LogP) is 2.49. The fourth-order valence-corrected chi connectivity index (χ4v) is 2.22.